The number of pyridine rings is 1. The Kier molecular flexibility index (Phi) is 5.76. The van der Waals surface area contributed by atoms with Crippen LogP contribution >= 0.6 is 0 Å². The SMILES string of the molecule is COc1ccc(CNCCn2nc([C@H]3CCN(C(C)=O)C3)c3cccnc32)cc1. The first-order chi connectivity index (χ1) is 14.2. The second-order valence-corrected chi connectivity index (χ2v) is 7.46. The first kappa shape index (κ1) is 19.4. The average Bonchev–Trinajstić information content (AvgIpc) is 3.37. The minimum Gasteiger partial charge on any atom is -0.497 e. The number of amides is 1. The smallest absolute Gasteiger partial charge is 0.219 e. The van der Waals surface area contributed by atoms with Gasteiger partial charge >= 0.3 is 0 Å². The van der Waals surface area contributed by atoms with Crippen molar-refractivity contribution in [3.63, 3.8) is 0 Å². The van der Waals surface area contributed by atoms with Crippen molar-refractivity contribution < 1.29 is 9.53 Å². The van der Waals surface area contributed by atoms with Crippen LogP contribution in [-0.4, -0.2) is 52.3 Å². The van der Waals surface area contributed by atoms with Crippen molar-refractivity contribution in [1.29, 1.82) is 0 Å². The molecule has 2 aromatic heterocycles. The molecule has 1 amide bonds. The van der Waals surface area contributed by atoms with Gasteiger partial charge in [-0.2, -0.15) is 5.10 Å². The predicted molar refractivity (Wildman–Crippen MR) is 112 cm³/mol. The molecule has 4 rings (SSSR count). The normalized spacial score (nSPS) is 16.5. The summed E-state index contributed by atoms with van der Waals surface area (Å²) in [6.45, 7) is 5.51. The summed E-state index contributed by atoms with van der Waals surface area (Å²) in [6.07, 6.45) is 2.77. The largest absolute Gasteiger partial charge is 0.497 e. The van der Waals surface area contributed by atoms with E-state index >= 15 is 0 Å². The first-order valence-corrected chi connectivity index (χ1v) is 10.1. The van der Waals surface area contributed by atoms with E-state index < -0.39 is 0 Å². The molecule has 1 aromatic carbocycles. The number of ether oxygens (including phenoxy) is 1. The molecule has 1 saturated heterocycles. The van der Waals surface area contributed by atoms with Gasteiger partial charge in [-0.3, -0.25) is 4.79 Å². The standard InChI is InChI=1S/C22H27N5O2/c1-16(28)26-12-9-18(15-26)21-20-4-3-10-24-22(20)27(25-21)13-11-23-14-17-5-7-19(29-2)8-6-17/h3-8,10,18,23H,9,11-15H2,1-2H3/t18-/m0/s1. The van der Waals surface area contributed by atoms with E-state index in [1.165, 1.54) is 5.56 Å². The van der Waals surface area contributed by atoms with Crippen LogP contribution in [0.15, 0.2) is 42.6 Å². The maximum absolute atomic E-state index is 11.7. The minimum atomic E-state index is 0.136. The van der Waals surface area contributed by atoms with Crippen LogP contribution in [-0.2, 0) is 17.9 Å². The van der Waals surface area contributed by atoms with Gasteiger partial charge in [0.05, 0.1) is 19.3 Å². The molecular formula is C22H27N5O2. The highest BCUT2D eigenvalue weighted by Gasteiger charge is 2.29. The molecular weight excluding hydrogens is 366 g/mol. The van der Waals surface area contributed by atoms with Gasteiger partial charge in [0.15, 0.2) is 5.65 Å². The lowest BCUT2D eigenvalue weighted by atomic mass is 10.0. The third kappa shape index (κ3) is 4.24. The van der Waals surface area contributed by atoms with E-state index in [0.717, 1.165) is 61.6 Å². The van der Waals surface area contributed by atoms with Crippen molar-refractivity contribution >= 4 is 16.9 Å². The summed E-state index contributed by atoms with van der Waals surface area (Å²) in [4.78, 5) is 18.2. The highest BCUT2D eigenvalue weighted by atomic mass is 16.5. The van der Waals surface area contributed by atoms with Crippen LogP contribution in [0.5, 0.6) is 5.75 Å². The number of likely N-dealkylation sites (tertiary alicyclic amines) is 1. The van der Waals surface area contributed by atoms with Gasteiger partial charge in [0, 0.05) is 50.6 Å². The van der Waals surface area contributed by atoms with Crippen LogP contribution in [0.4, 0.5) is 0 Å². The number of nitrogens with one attached hydrogen (secondary N) is 1. The minimum absolute atomic E-state index is 0.136. The monoisotopic (exact) mass is 393 g/mol. The van der Waals surface area contributed by atoms with Crippen LogP contribution in [0.3, 0.4) is 0 Å². The van der Waals surface area contributed by atoms with Crippen LogP contribution in [0.2, 0.25) is 0 Å². The second kappa shape index (κ2) is 8.61. The lowest BCUT2D eigenvalue weighted by molar-refractivity contribution is -0.127. The Balaban J connectivity index is 1.42. The maximum Gasteiger partial charge on any atom is 0.219 e. The van der Waals surface area contributed by atoms with Gasteiger partial charge in [-0.1, -0.05) is 12.1 Å². The van der Waals surface area contributed by atoms with Crippen molar-refractivity contribution in [1.82, 2.24) is 25.0 Å². The fourth-order valence-electron chi connectivity index (χ4n) is 3.92. The Morgan fingerprint density at radius 1 is 1.28 bits per heavy atom. The van der Waals surface area contributed by atoms with Crippen molar-refractivity contribution in [3.05, 3.63) is 53.9 Å². The summed E-state index contributed by atoms with van der Waals surface area (Å²) < 4.78 is 7.19. The quantitative estimate of drug-likeness (QED) is 0.625. The Bertz CT molecular complexity index is 983. The molecule has 7 nitrogen and oxygen atoms in total. The molecule has 3 heterocycles. The number of fused-ring (bicyclic) bond motifs is 1. The number of methoxy groups -OCH3 is 1. The number of benzene rings is 1. The lowest BCUT2D eigenvalue weighted by Gasteiger charge is -2.12. The number of aromatic nitrogens is 3. The predicted octanol–water partition coefficient (Wildman–Crippen LogP) is 2.57. The highest BCUT2D eigenvalue weighted by Crippen LogP contribution is 2.31. The zero-order valence-electron chi connectivity index (χ0n) is 17.0. The molecule has 0 radical (unpaired) electrons. The summed E-state index contributed by atoms with van der Waals surface area (Å²) in [7, 11) is 1.67. The number of nitrogens with zero attached hydrogens (tertiary/aromatic N) is 4. The van der Waals surface area contributed by atoms with Crippen LogP contribution in [0.1, 0.15) is 30.5 Å². The molecule has 29 heavy (non-hydrogen) atoms. The maximum atomic E-state index is 11.7. The molecule has 0 bridgehead atoms. The van der Waals surface area contributed by atoms with Gasteiger partial charge < -0.3 is 15.0 Å². The molecule has 1 aliphatic rings. The van der Waals surface area contributed by atoms with Gasteiger partial charge in [0.2, 0.25) is 5.91 Å². The number of hydrogen-bond acceptors (Lipinski definition) is 5. The molecule has 3 aromatic rings. The van der Waals surface area contributed by atoms with E-state index in [1.54, 1.807) is 14.0 Å². The lowest BCUT2D eigenvalue weighted by Crippen LogP contribution is -2.25. The zero-order chi connectivity index (χ0) is 20.2. The Morgan fingerprint density at radius 3 is 2.83 bits per heavy atom. The topological polar surface area (TPSA) is 72.3 Å². The van der Waals surface area contributed by atoms with Crippen molar-refractivity contribution in [3.8, 4) is 5.75 Å². The summed E-state index contributed by atoms with van der Waals surface area (Å²) >= 11 is 0. The highest BCUT2D eigenvalue weighted by molar-refractivity contribution is 5.79. The molecule has 1 aliphatic heterocycles. The summed E-state index contributed by atoms with van der Waals surface area (Å²) in [5.41, 5.74) is 3.19. The van der Waals surface area contributed by atoms with E-state index in [1.807, 2.05) is 34.0 Å². The number of hydrogen-bond donors (Lipinski definition) is 1. The summed E-state index contributed by atoms with van der Waals surface area (Å²) in [5.74, 6) is 1.28. The van der Waals surface area contributed by atoms with E-state index in [9.17, 15) is 4.79 Å². The number of carbonyl (C=O) groups is 1. The van der Waals surface area contributed by atoms with Crippen LogP contribution in [0, 0.1) is 0 Å². The van der Waals surface area contributed by atoms with Gasteiger partial charge in [-0.05, 0) is 36.2 Å². The summed E-state index contributed by atoms with van der Waals surface area (Å²) in [5, 5.41) is 9.46. The van der Waals surface area contributed by atoms with Crippen molar-refractivity contribution in [2.24, 2.45) is 0 Å². The Labute approximate surface area is 170 Å². The van der Waals surface area contributed by atoms with E-state index in [-0.39, 0.29) is 11.8 Å². The molecule has 1 fully saturated rings. The van der Waals surface area contributed by atoms with E-state index in [4.69, 9.17) is 9.84 Å². The Hall–Kier alpha value is -2.93. The molecule has 0 aliphatic carbocycles. The van der Waals surface area contributed by atoms with Crippen molar-refractivity contribution in [2.75, 3.05) is 26.7 Å². The van der Waals surface area contributed by atoms with Crippen LogP contribution < -0.4 is 10.1 Å². The molecule has 1 N–H and O–H groups in total. The zero-order valence-corrected chi connectivity index (χ0v) is 17.0. The first-order valence-electron chi connectivity index (χ1n) is 10.1. The van der Waals surface area contributed by atoms with Crippen molar-refractivity contribution in [2.45, 2.75) is 32.4 Å². The van der Waals surface area contributed by atoms with E-state index in [0.29, 0.717) is 0 Å². The average molecular weight is 393 g/mol. The molecule has 7 heteroatoms. The Morgan fingerprint density at radius 2 is 2.10 bits per heavy atom. The van der Waals surface area contributed by atoms with Gasteiger partial charge in [-0.25, -0.2) is 9.67 Å². The van der Waals surface area contributed by atoms with Gasteiger partial charge in [-0.15, -0.1) is 0 Å². The molecule has 152 valence electrons. The molecule has 0 spiro atoms. The van der Waals surface area contributed by atoms with Crippen LogP contribution in [0.25, 0.3) is 11.0 Å². The number of rotatable bonds is 7. The van der Waals surface area contributed by atoms with Gasteiger partial charge in [0.1, 0.15) is 5.75 Å². The van der Waals surface area contributed by atoms with E-state index in [2.05, 4.69) is 28.5 Å². The third-order valence-electron chi connectivity index (χ3n) is 5.54. The van der Waals surface area contributed by atoms with Gasteiger partial charge in [0.25, 0.3) is 0 Å². The molecule has 0 saturated carbocycles. The fraction of sp³-hybridized carbons (Fsp3) is 0.409. The second-order valence-electron chi connectivity index (χ2n) is 7.46. The number of carbonyl (C=O) groups excluding carboxylic acids is 1. The fourth-order valence-corrected chi connectivity index (χ4v) is 3.92. The molecule has 0 unspecified atom stereocenters. The summed E-state index contributed by atoms with van der Waals surface area (Å²) in [6, 6.07) is 12.1. The molecule has 1 atom stereocenters. The third-order valence-corrected chi connectivity index (χ3v) is 5.54.